The molecular weight excluding hydrogens is 114 g/mol. The van der Waals surface area contributed by atoms with E-state index in [9.17, 15) is 0 Å². The summed E-state index contributed by atoms with van der Waals surface area (Å²) in [6, 6.07) is 0. The minimum atomic E-state index is 0.364. The lowest BCUT2D eigenvalue weighted by Gasteiger charge is -2.27. The molecule has 0 amide bonds. The van der Waals surface area contributed by atoms with Gasteiger partial charge in [-0.25, -0.2) is 0 Å². The molecule has 0 bridgehead atoms. The van der Waals surface area contributed by atoms with E-state index in [0.29, 0.717) is 18.4 Å². The number of piperidine rings is 1. The maximum Gasteiger partial charge on any atom is 0.0462 e. The van der Waals surface area contributed by atoms with E-state index in [1.54, 1.807) is 0 Å². The monoisotopic (exact) mass is 129 g/mol. The van der Waals surface area contributed by atoms with Crippen LogP contribution >= 0.6 is 0 Å². The van der Waals surface area contributed by atoms with Crippen LogP contribution in [0.2, 0.25) is 0 Å². The van der Waals surface area contributed by atoms with Crippen LogP contribution in [0.1, 0.15) is 13.3 Å². The highest BCUT2D eigenvalue weighted by molar-refractivity contribution is 4.73. The number of hydrogen-bond acceptors (Lipinski definition) is 2. The normalized spacial score (nSPS) is 36.7. The maximum atomic E-state index is 8.83. The Labute approximate surface area is 56.3 Å². The second-order valence-electron chi connectivity index (χ2n) is 2.91. The fourth-order valence-corrected chi connectivity index (χ4v) is 1.34. The van der Waals surface area contributed by atoms with Crippen molar-refractivity contribution in [2.24, 2.45) is 11.8 Å². The van der Waals surface area contributed by atoms with Gasteiger partial charge in [0.2, 0.25) is 0 Å². The molecule has 0 saturated carbocycles. The van der Waals surface area contributed by atoms with Gasteiger partial charge in [-0.2, -0.15) is 0 Å². The van der Waals surface area contributed by atoms with Crippen molar-refractivity contribution in [1.82, 2.24) is 5.32 Å². The van der Waals surface area contributed by atoms with Gasteiger partial charge in [0.25, 0.3) is 0 Å². The predicted octanol–water partition coefficient (Wildman–Crippen LogP) is 0.224. The van der Waals surface area contributed by atoms with Crippen molar-refractivity contribution in [2.45, 2.75) is 13.3 Å². The smallest absolute Gasteiger partial charge is 0.0462 e. The molecule has 0 aromatic carbocycles. The van der Waals surface area contributed by atoms with Crippen LogP contribution in [0.15, 0.2) is 0 Å². The first-order valence-electron chi connectivity index (χ1n) is 3.66. The van der Waals surface area contributed by atoms with Crippen molar-refractivity contribution in [3.05, 3.63) is 0 Å². The summed E-state index contributed by atoms with van der Waals surface area (Å²) >= 11 is 0. The van der Waals surface area contributed by atoms with Gasteiger partial charge in [0.05, 0.1) is 0 Å². The van der Waals surface area contributed by atoms with Crippen LogP contribution in [0.3, 0.4) is 0 Å². The number of aliphatic hydroxyl groups is 1. The average Bonchev–Trinajstić information content (AvgIpc) is 1.89. The third-order valence-electron chi connectivity index (χ3n) is 2.20. The molecule has 1 rings (SSSR count). The van der Waals surface area contributed by atoms with Crippen LogP contribution < -0.4 is 5.32 Å². The van der Waals surface area contributed by atoms with Crippen LogP contribution in [0.4, 0.5) is 0 Å². The lowest BCUT2D eigenvalue weighted by Crippen LogP contribution is -2.36. The summed E-state index contributed by atoms with van der Waals surface area (Å²) in [6.45, 7) is 4.71. The van der Waals surface area contributed by atoms with Crippen LogP contribution in [0.25, 0.3) is 0 Å². The van der Waals surface area contributed by atoms with E-state index in [-0.39, 0.29) is 0 Å². The summed E-state index contributed by atoms with van der Waals surface area (Å²) in [7, 11) is 0. The van der Waals surface area contributed by atoms with Crippen molar-refractivity contribution in [1.29, 1.82) is 0 Å². The average molecular weight is 129 g/mol. The van der Waals surface area contributed by atoms with Crippen molar-refractivity contribution in [2.75, 3.05) is 19.7 Å². The highest BCUT2D eigenvalue weighted by Gasteiger charge is 2.19. The van der Waals surface area contributed by atoms with Crippen molar-refractivity contribution in [3.63, 3.8) is 0 Å². The molecule has 9 heavy (non-hydrogen) atoms. The van der Waals surface area contributed by atoms with E-state index in [0.717, 1.165) is 19.5 Å². The lowest BCUT2D eigenvalue weighted by molar-refractivity contribution is 0.153. The first-order chi connectivity index (χ1) is 4.34. The van der Waals surface area contributed by atoms with Gasteiger partial charge in [-0.05, 0) is 31.3 Å². The number of aliphatic hydroxyl groups excluding tert-OH is 1. The Morgan fingerprint density at radius 3 is 2.89 bits per heavy atom. The minimum absolute atomic E-state index is 0.364. The first kappa shape index (κ1) is 7.03. The Hall–Kier alpha value is -0.0800. The van der Waals surface area contributed by atoms with E-state index in [2.05, 4.69) is 12.2 Å². The largest absolute Gasteiger partial charge is 0.396 e. The summed E-state index contributed by atoms with van der Waals surface area (Å²) < 4.78 is 0. The Balaban J connectivity index is 2.30. The zero-order valence-electron chi connectivity index (χ0n) is 5.93. The summed E-state index contributed by atoms with van der Waals surface area (Å²) in [4.78, 5) is 0. The molecule has 1 heterocycles. The molecule has 0 spiro atoms. The van der Waals surface area contributed by atoms with E-state index in [1.165, 1.54) is 0 Å². The maximum absolute atomic E-state index is 8.83. The van der Waals surface area contributed by atoms with Crippen molar-refractivity contribution < 1.29 is 5.11 Å². The minimum Gasteiger partial charge on any atom is -0.396 e. The highest BCUT2D eigenvalue weighted by Crippen LogP contribution is 2.16. The molecule has 54 valence electrons. The summed E-state index contributed by atoms with van der Waals surface area (Å²) in [5, 5.41) is 12.1. The Kier molecular flexibility index (Phi) is 2.49. The molecule has 0 aromatic rings. The molecule has 0 unspecified atom stereocenters. The quantitative estimate of drug-likeness (QED) is 0.531. The summed E-state index contributed by atoms with van der Waals surface area (Å²) in [5.41, 5.74) is 0. The zero-order chi connectivity index (χ0) is 6.69. The molecule has 0 aromatic heterocycles. The van der Waals surface area contributed by atoms with Gasteiger partial charge in [-0.3, -0.25) is 0 Å². The fraction of sp³-hybridized carbons (Fsp3) is 1.00. The molecule has 1 fully saturated rings. The SMILES string of the molecule is C[C@@H]1CNCC[C@H]1CO. The second-order valence-corrected chi connectivity index (χ2v) is 2.91. The fourth-order valence-electron chi connectivity index (χ4n) is 1.34. The Morgan fingerprint density at radius 1 is 1.67 bits per heavy atom. The summed E-state index contributed by atoms with van der Waals surface area (Å²) in [5.74, 6) is 1.20. The van der Waals surface area contributed by atoms with Gasteiger partial charge in [0, 0.05) is 6.61 Å². The van der Waals surface area contributed by atoms with Gasteiger partial charge in [0.15, 0.2) is 0 Å². The zero-order valence-corrected chi connectivity index (χ0v) is 5.93. The molecule has 2 N–H and O–H groups in total. The third-order valence-corrected chi connectivity index (χ3v) is 2.20. The third kappa shape index (κ3) is 1.66. The molecule has 2 heteroatoms. The second kappa shape index (κ2) is 3.18. The van der Waals surface area contributed by atoms with Crippen LogP contribution in [-0.4, -0.2) is 24.8 Å². The summed E-state index contributed by atoms with van der Waals surface area (Å²) in [6.07, 6.45) is 1.14. The van der Waals surface area contributed by atoms with Crippen LogP contribution in [0.5, 0.6) is 0 Å². The van der Waals surface area contributed by atoms with Crippen LogP contribution in [-0.2, 0) is 0 Å². The van der Waals surface area contributed by atoms with Crippen molar-refractivity contribution >= 4 is 0 Å². The van der Waals surface area contributed by atoms with Gasteiger partial charge < -0.3 is 10.4 Å². The molecule has 2 atom stereocenters. The molecule has 1 aliphatic rings. The lowest BCUT2D eigenvalue weighted by atomic mass is 9.89. The van der Waals surface area contributed by atoms with E-state index in [1.807, 2.05) is 0 Å². The van der Waals surface area contributed by atoms with Gasteiger partial charge in [-0.1, -0.05) is 6.92 Å². The molecule has 1 saturated heterocycles. The van der Waals surface area contributed by atoms with E-state index in [4.69, 9.17) is 5.11 Å². The number of nitrogens with one attached hydrogen (secondary N) is 1. The van der Waals surface area contributed by atoms with Gasteiger partial charge in [-0.15, -0.1) is 0 Å². The highest BCUT2D eigenvalue weighted by atomic mass is 16.3. The molecule has 0 radical (unpaired) electrons. The van der Waals surface area contributed by atoms with Gasteiger partial charge in [0.1, 0.15) is 0 Å². The predicted molar refractivity (Wildman–Crippen MR) is 37.2 cm³/mol. The molecule has 1 aliphatic heterocycles. The Morgan fingerprint density at radius 2 is 2.44 bits per heavy atom. The van der Waals surface area contributed by atoms with Gasteiger partial charge >= 0.3 is 0 Å². The number of rotatable bonds is 1. The standard InChI is InChI=1S/C7H15NO/c1-6-4-8-3-2-7(6)5-9/h6-9H,2-5H2,1H3/t6-,7+/m1/s1. The topological polar surface area (TPSA) is 32.3 Å². The molecule has 0 aliphatic carbocycles. The van der Waals surface area contributed by atoms with E-state index >= 15 is 0 Å². The van der Waals surface area contributed by atoms with Crippen LogP contribution in [0, 0.1) is 11.8 Å². The Bertz CT molecular complexity index is 85.0. The number of hydrogen-bond donors (Lipinski definition) is 2. The molecule has 2 nitrogen and oxygen atoms in total. The van der Waals surface area contributed by atoms with Crippen molar-refractivity contribution in [3.8, 4) is 0 Å². The molecular formula is C7H15NO. The van der Waals surface area contributed by atoms with E-state index < -0.39 is 0 Å². The first-order valence-corrected chi connectivity index (χ1v) is 3.66.